The van der Waals surface area contributed by atoms with Crippen LogP contribution in [0.5, 0.6) is 0 Å². The van der Waals surface area contributed by atoms with E-state index in [-0.39, 0.29) is 38.6 Å². The summed E-state index contributed by atoms with van der Waals surface area (Å²) in [6.07, 6.45) is 98.6. The molecule has 0 aromatic heterocycles. The van der Waals surface area contributed by atoms with Gasteiger partial charge in [0.2, 0.25) is 0 Å². The van der Waals surface area contributed by atoms with Gasteiger partial charge in [-0.25, -0.2) is 4.57 Å². The van der Waals surface area contributed by atoms with Crippen LogP contribution in [0.4, 0.5) is 0 Å². The van der Waals surface area contributed by atoms with E-state index in [1.165, 1.54) is 238 Å². The van der Waals surface area contributed by atoms with Crippen molar-refractivity contribution in [2.24, 2.45) is 5.73 Å². The van der Waals surface area contributed by atoms with E-state index in [1.54, 1.807) is 0 Å². The van der Waals surface area contributed by atoms with Crippen LogP contribution in [0.2, 0.25) is 0 Å². The first-order valence-corrected chi connectivity index (χ1v) is 39.1. The molecule has 0 aromatic rings. The second-order valence-corrected chi connectivity index (χ2v) is 26.6. The molecular weight excluding hydrogens is 1110 g/mol. The first kappa shape index (κ1) is 85.2. The minimum absolute atomic E-state index is 0.0471. The minimum atomic E-state index is -4.40. The summed E-state index contributed by atoms with van der Waals surface area (Å²) in [7, 11) is -4.40. The third-order valence-corrected chi connectivity index (χ3v) is 17.5. The number of unbranched alkanes of at least 4 members (excludes halogenated alkanes) is 44. The molecule has 0 aliphatic carbocycles. The predicted octanol–water partition coefficient (Wildman–Crippen LogP) is 24.9. The predicted molar refractivity (Wildman–Crippen MR) is 381 cm³/mol. The molecule has 0 aromatic carbocycles. The zero-order valence-electron chi connectivity index (χ0n) is 57.7. The van der Waals surface area contributed by atoms with Crippen molar-refractivity contribution in [2.75, 3.05) is 26.4 Å². The number of hydrogen-bond acceptors (Lipinski definition) is 8. The van der Waals surface area contributed by atoms with Crippen molar-refractivity contribution in [3.63, 3.8) is 0 Å². The lowest BCUT2D eigenvalue weighted by atomic mass is 10.0. The van der Waals surface area contributed by atoms with Crippen LogP contribution in [0.25, 0.3) is 0 Å². The molecule has 0 saturated heterocycles. The Labute approximate surface area is 544 Å². The van der Waals surface area contributed by atoms with Gasteiger partial charge in [-0.15, -0.1) is 0 Å². The zero-order chi connectivity index (χ0) is 63.7. The maximum atomic E-state index is 12.8. The second kappa shape index (κ2) is 73.2. The van der Waals surface area contributed by atoms with Crippen LogP contribution < -0.4 is 5.73 Å². The Hall–Kier alpha value is -2.81. The zero-order valence-corrected chi connectivity index (χ0v) is 58.6. The average molecular weight is 1250 g/mol. The van der Waals surface area contributed by atoms with Gasteiger partial charge in [0.15, 0.2) is 6.10 Å². The minimum Gasteiger partial charge on any atom is -0.462 e. The van der Waals surface area contributed by atoms with Gasteiger partial charge < -0.3 is 20.1 Å². The molecule has 0 aliphatic heterocycles. The molecule has 0 heterocycles. The number of nitrogens with two attached hydrogens (primary N) is 1. The van der Waals surface area contributed by atoms with Gasteiger partial charge in [0.25, 0.3) is 0 Å². The standard InChI is InChI=1S/C78H142NO8P/c1-3-5-7-9-11-13-15-17-19-21-23-25-27-29-31-32-33-34-35-36-37-38-39-40-41-42-43-45-46-48-50-52-54-56-58-60-62-64-66-68-70-77(80)84-74-76(75-86-88(82,83)85-73-72-79)87-78(81)71-69-67-65-63-61-59-57-55-53-51-49-47-44-30-28-26-24-22-20-18-16-14-12-10-8-6-4-2/h6,8,12,14,18,20,24,26,30,44,49,51,55,57,76H,3-5,7,9-11,13,15-17,19,21-23,25,27-29,31-43,45-48,50,52-54,56,58-75,79H2,1-2H3,(H,82,83)/b8-6-,14-12-,20-18-,26-24-,44-30-,51-49-,57-55-. The summed E-state index contributed by atoms with van der Waals surface area (Å²) in [5.74, 6) is -0.840. The maximum absolute atomic E-state index is 12.8. The van der Waals surface area contributed by atoms with Crippen molar-refractivity contribution in [2.45, 2.75) is 373 Å². The molecular formula is C78H142NO8P. The molecule has 2 unspecified atom stereocenters. The van der Waals surface area contributed by atoms with Gasteiger partial charge in [0, 0.05) is 19.4 Å². The monoisotopic (exact) mass is 1250 g/mol. The van der Waals surface area contributed by atoms with Crippen LogP contribution in [0.1, 0.15) is 367 Å². The molecule has 0 bridgehead atoms. The molecule has 0 aliphatic rings. The lowest BCUT2D eigenvalue weighted by Crippen LogP contribution is -2.29. The first-order valence-electron chi connectivity index (χ1n) is 37.6. The Morgan fingerprint density at radius 2 is 0.625 bits per heavy atom. The number of allylic oxidation sites excluding steroid dienone is 14. The molecule has 0 saturated carbocycles. The molecule has 0 amide bonds. The molecule has 0 fully saturated rings. The summed E-state index contributed by atoms with van der Waals surface area (Å²) < 4.78 is 33.2. The van der Waals surface area contributed by atoms with Crippen molar-refractivity contribution in [1.82, 2.24) is 0 Å². The number of carbonyl (C=O) groups is 2. The fourth-order valence-electron chi connectivity index (χ4n) is 11.0. The van der Waals surface area contributed by atoms with Gasteiger partial charge in [0.05, 0.1) is 13.2 Å². The van der Waals surface area contributed by atoms with Gasteiger partial charge in [-0.3, -0.25) is 18.6 Å². The van der Waals surface area contributed by atoms with Crippen LogP contribution in [-0.2, 0) is 32.7 Å². The Kier molecular flexibility index (Phi) is 70.9. The van der Waals surface area contributed by atoms with Crippen molar-refractivity contribution >= 4 is 19.8 Å². The number of rotatable bonds is 71. The van der Waals surface area contributed by atoms with Gasteiger partial charge in [-0.2, -0.15) is 0 Å². The van der Waals surface area contributed by atoms with E-state index in [9.17, 15) is 19.0 Å². The van der Waals surface area contributed by atoms with Crippen LogP contribution in [0, 0.1) is 0 Å². The fourth-order valence-corrected chi connectivity index (χ4v) is 11.8. The van der Waals surface area contributed by atoms with Crippen molar-refractivity contribution < 1.29 is 37.6 Å². The Morgan fingerprint density at radius 1 is 0.352 bits per heavy atom. The van der Waals surface area contributed by atoms with E-state index in [1.807, 2.05) is 0 Å². The smallest absolute Gasteiger partial charge is 0.462 e. The molecule has 0 spiro atoms. The highest BCUT2D eigenvalue weighted by molar-refractivity contribution is 7.47. The largest absolute Gasteiger partial charge is 0.472 e. The summed E-state index contributed by atoms with van der Waals surface area (Å²) in [6.45, 7) is 3.65. The molecule has 10 heteroatoms. The third kappa shape index (κ3) is 72.3. The van der Waals surface area contributed by atoms with Gasteiger partial charge in [-0.1, -0.05) is 369 Å². The molecule has 0 rings (SSSR count). The van der Waals surface area contributed by atoms with Gasteiger partial charge in [0.1, 0.15) is 6.61 Å². The quantitative estimate of drug-likeness (QED) is 0.0264. The molecule has 512 valence electrons. The lowest BCUT2D eigenvalue weighted by molar-refractivity contribution is -0.161. The van der Waals surface area contributed by atoms with Crippen LogP contribution in [-0.4, -0.2) is 49.3 Å². The molecule has 3 N–H and O–H groups in total. The van der Waals surface area contributed by atoms with Crippen LogP contribution in [0.15, 0.2) is 85.1 Å². The van der Waals surface area contributed by atoms with E-state index in [4.69, 9.17) is 24.3 Å². The number of ether oxygens (including phenoxy) is 2. The van der Waals surface area contributed by atoms with E-state index in [0.717, 1.165) is 96.3 Å². The third-order valence-electron chi connectivity index (χ3n) is 16.5. The Morgan fingerprint density at radius 3 is 0.932 bits per heavy atom. The number of hydrogen-bond donors (Lipinski definition) is 2. The number of esters is 2. The lowest BCUT2D eigenvalue weighted by Gasteiger charge is -2.19. The summed E-state index contributed by atoms with van der Waals surface area (Å²) >= 11 is 0. The molecule has 2 atom stereocenters. The fraction of sp³-hybridized carbons (Fsp3) is 0.795. The van der Waals surface area contributed by atoms with E-state index in [2.05, 4.69) is 98.9 Å². The number of phosphoric ester groups is 1. The normalized spacial score (nSPS) is 13.4. The van der Waals surface area contributed by atoms with Crippen molar-refractivity contribution in [3.05, 3.63) is 85.1 Å². The second-order valence-electron chi connectivity index (χ2n) is 25.1. The van der Waals surface area contributed by atoms with E-state index < -0.39 is 26.5 Å². The van der Waals surface area contributed by atoms with Crippen LogP contribution in [0.3, 0.4) is 0 Å². The first-order chi connectivity index (χ1) is 43.3. The summed E-state index contributed by atoms with van der Waals surface area (Å²) in [5.41, 5.74) is 5.40. The highest BCUT2D eigenvalue weighted by atomic mass is 31.2. The molecule has 88 heavy (non-hydrogen) atoms. The molecule has 9 nitrogen and oxygen atoms in total. The number of carbonyl (C=O) groups excluding carboxylic acids is 2. The highest BCUT2D eigenvalue weighted by Gasteiger charge is 2.26. The Bertz CT molecular complexity index is 1720. The summed E-state index contributed by atoms with van der Waals surface area (Å²) in [5, 5.41) is 0. The van der Waals surface area contributed by atoms with E-state index >= 15 is 0 Å². The SMILES string of the molecule is CC/C=C\C/C=C\C/C=C\C/C=C\C/C=C\C/C=C\C/C=C\CCCCCCCC(=O)OC(COC(=O)CCCCCCCCCCCCCCCCCCCCCCCCCCCCCCCCCCCCCCCCCC)COP(=O)(O)OCCN. The Balaban J connectivity index is 3.81. The topological polar surface area (TPSA) is 134 Å². The molecule has 0 radical (unpaired) electrons. The van der Waals surface area contributed by atoms with Crippen LogP contribution >= 0.6 is 7.82 Å². The van der Waals surface area contributed by atoms with Crippen molar-refractivity contribution in [1.29, 1.82) is 0 Å². The van der Waals surface area contributed by atoms with E-state index in [0.29, 0.717) is 6.42 Å². The van der Waals surface area contributed by atoms with Crippen molar-refractivity contribution in [3.8, 4) is 0 Å². The summed E-state index contributed by atoms with van der Waals surface area (Å²) in [6, 6.07) is 0. The summed E-state index contributed by atoms with van der Waals surface area (Å²) in [4.78, 5) is 35.4. The van der Waals surface area contributed by atoms with Gasteiger partial charge in [-0.05, 0) is 70.6 Å². The average Bonchev–Trinajstić information content (AvgIpc) is 3.62. The number of phosphoric acid groups is 1. The maximum Gasteiger partial charge on any atom is 0.472 e. The highest BCUT2D eigenvalue weighted by Crippen LogP contribution is 2.43. The van der Waals surface area contributed by atoms with Gasteiger partial charge >= 0.3 is 19.8 Å².